The minimum Gasteiger partial charge on any atom is -0.404 e. The van der Waals surface area contributed by atoms with E-state index in [1.165, 1.54) is 0 Å². The molecule has 0 amide bonds. The van der Waals surface area contributed by atoms with Gasteiger partial charge in [-0.2, -0.15) is 0 Å². The molecule has 2 aromatic rings. The van der Waals surface area contributed by atoms with E-state index in [2.05, 4.69) is 35.4 Å². The van der Waals surface area contributed by atoms with Gasteiger partial charge in [0.2, 0.25) is 0 Å². The zero-order chi connectivity index (χ0) is 17.6. The average Bonchev–Trinajstić information content (AvgIpc) is 2.63. The summed E-state index contributed by atoms with van der Waals surface area (Å²) in [6, 6.07) is 12.6. The van der Waals surface area contributed by atoms with Gasteiger partial charge in [-0.3, -0.25) is 0 Å². The van der Waals surface area contributed by atoms with E-state index in [4.69, 9.17) is 17.3 Å². The molecule has 1 aliphatic heterocycles. The van der Waals surface area contributed by atoms with Gasteiger partial charge in [-0.05, 0) is 66.5 Å². The first-order valence-electron chi connectivity index (χ1n) is 8.63. The number of piperidine rings is 1. The Hall–Kier alpha value is -2.23. The number of halogens is 1. The van der Waals surface area contributed by atoms with Crippen LogP contribution in [0.2, 0.25) is 5.02 Å². The highest BCUT2D eigenvalue weighted by Gasteiger charge is 2.14. The van der Waals surface area contributed by atoms with Crippen molar-refractivity contribution in [1.29, 1.82) is 0 Å². The average molecular weight is 354 g/mol. The Morgan fingerprint density at radius 3 is 2.64 bits per heavy atom. The predicted octanol–water partition coefficient (Wildman–Crippen LogP) is 2.83. The molecule has 0 radical (unpaired) electrons. The largest absolute Gasteiger partial charge is 0.404 e. The molecule has 0 unspecified atom stereocenters. The van der Waals surface area contributed by atoms with Crippen molar-refractivity contribution in [2.45, 2.75) is 18.9 Å². The second kappa shape index (κ2) is 8.24. The summed E-state index contributed by atoms with van der Waals surface area (Å²) in [7, 11) is 0. The summed E-state index contributed by atoms with van der Waals surface area (Å²) in [6.45, 7) is 5.91. The number of nitrogens with one attached hydrogen (secondary N) is 2. The van der Waals surface area contributed by atoms with Crippen molar-refractivity contribution in [3.63, 3.8) is 0 Å². The minimum atomic E-state index is 0.450. The van der Waals surface area contributed by atoms with Gasteiger partial charge < -0.3 is 16.4 Å². The van der Waals surface area contributed by atoms with Crippen molar-refractivity contribution in [2.75, 3.05) is 18.4 Å². The normalized spacial score (nSPS) is 16.8. The number of hydrogen-bond acceptors (Lipinski definition) is 3. The van der Waals surface area contributed by atoms with E-state index in [-0.39, 0.29) is 0 Å². The van der Waals surface area contributed by atoms with Crippen molar-refractivity contribution in [1.82, 2.24) is 5.32 Å². The molecule has 0 saturated carbocycles. The third-order valence-electron chi connectivity index (χ3n) is 4.53. The van der Waals surface area contributed by atoms with Crippen LogP contribution in [0.5, 0.6) is 0 Å². The fourth-order valence-electron chi connectivity index (χ4n) is 3.27. The fourth-order valence-corrected chi connectivity index (χ4v) is 3.46. The van der Waals surface area contributed by atoms with Crippen LogP contribution in [0.1, 0.15) is 12.8 Å². The molecule has 2 aromatic carbocycles. The van der Waals surface area contributed by atoms with E-state index in [9.17, 15) is 0 Å². The van der Waals surface area contributed by atoms with Crippen molar-refractivity contribution >= 4 is 29.6 Å². The van der Waals surface area contributed by atoms with Crippen LogP contribution >= 0.6 is 11.6 Å². The molecule has 130 valence electrons. The summed E-state index contributed by atoms with van der Waals surface area (Å²) in [4.78, 5) is 0. The summed E-state index contributed by atoms with van der Waals surface area (Å²) >= 11 is 6.18. The smallest absolute Gasteiger partial charge is 0.0442 e. The lowest BCUT2D eigenvalue weighted by Crippen LogP contribution is -2.38. The van der Waals surface area contributed by atoms with E-state index < -0.39 is 0 Å². The number of rotatable bonds is 4. The third kappa shape index (κ3) is 4.25. The zero-order valence-corrected chi connectivity index (χ0v) is 15.0. The molecule has 0 aliphatic carbocycles. The van der Waals surface area contributed by atoms with Crippen LogP contribution in [-0.4, -0.2) is 19.1 Å². The van der Waals surface area contributed by atoms with E-state index in [1.807, 2.05) is 24.3 Å². The SMILES string of the molecule is C=C/C=c1/cc(-c2cccc(Cl)c2)cc(NC2CCNCC2)/c1=C/N. The lowest BCUT2D eigenvalue weighted by Gasteiger charge is -2.25. The van der Waals surface area contributed by atoms with Gasteiger partial charge in [-0.15, -0.1) is 0 Å². The van der Waals surface area contributed by atoms with Gasteiger partial charge in [0.05, 0.1) is 0 Å². The molecule has 4 N–H and O–H groups in total. The highest BCUT2D eigenvalue weighted by atomic mass is 35.5. The Kier molecular flexibility index (Phi) is 5.79. The van der Waals surface area contributed by atoms with E-state index >= 15 is 0 Å². The fraction of sp³-hybridized carbons (Fsp3) is 0.238. The monoisotopic (exact) mass is 353 g/mol. The second-order valence-corrected chi connectivity index (χ2v) is 6.71. The Balaban J connectivity index is 2.11. The Labute approximate surface area is 153 Å². The molecule has 1 heterocycles. The molecule has 4 heteroatoms. The molecule has 0 aromatic heterocycles. The topological polar surface area (TPSA) is 50.1 Å². The van der Waals surface area contributed by atoms with Crippen LogP contribution in [0, 0.1) is 0 Å². The molecular formula is C21H24ClN3. The maximum absolute atomic E-state index is 6.18. The zero-order valence-electron chi connectivity index (χ0n) is 14.3. The van der Waals surface area contributed by atoms with Crippen LogP contribution < -0.4 is 26.8 Å². The van der Waals surface area contributed by atoms with Gasteiger partial charge in [0, 0.05) is 28.2 Å². The first-order chi connectivity index (χ1) is 12.2. The number of hydrogen-bond donors (Lipinski definition) is 3. The molecule has 3 rings (SSSR count). The van der Waals surface area contributed by atoms with Crippen LogP contribution in [0.25, 0.3) is 23.4 Å². The Bertz CT molecular complexity index is 867. The Morgan fingerprint density at radius 2 is 1.96 bits per heavy atom. The number of nitrogens with two attached hydrogens (primary N) is 1. The highest BCUT2D eigenvalue weighted by molar-refractivity contribution is 6.30. The van der Waals surface area contributed by atoms with Crippen LogP contribution in [0.3, 0.4) is 0 Å². The van der Waals surface area contributed by atoms with Gasteiger partial charge in [0.15, 0.2) is 0 Å². The van der Waals surface area contributed by atoms with Gasteiger partial charge >= 0.3 is 0 Å². The van der Waals surface area contributed by atoms with Gasteiger partial charge in [-0.25, -0.2) is 0 Å². The quantitative estimate of drug-likeness (QED) is 0.792. The summed E-state index contributed by atoms with van der Waals surface area (Å²) in [5.74, 6) is 0. The molecule has 1 aliphatic rings. The van der Waals surface area contributed by atoms with Gasteiger partial charge in [0.1, 0.15) is 0 Å². The van der Waals surface area contributed by atoms with E-state index in [0.717, 1.165) is 58.2 Å². The predicted molar refractivity (Wildman–Crippen MR) is 109 cm³/mol. The van der Waals surface area contributed by atoms with Crippen LogP contribution in [0.15, 0.2) is 49.1 Å². The first-order valence-corrected chi connectivity index (χ1v) is 9.01. The lowest BCUT2D eigenvalue weighted by molar-refractivity contribution is 0.479. The van der Waals surface area contributed by atoms with Crippen molar-refractivity contribution < 1.29 is 0 Å². The second-order valence-electron chi connectivity index (χ2n) is 6.27. The van der Waals surface area contributed by atoms with Crippen molar-refractivity contribution in [3.8, 4) is 11.1 Å². The molecule has 0 bridgehead atoms. The van der Waals surface area contributed by atoms with E-state index in [1.54, 1.807) is 12.3 Å². The molecule has 25 heavy (non-hydrogen) atoms. The molecule has 1 fully saturated rings. The third-order valence-corrected chi connectivity index (χ3v) is 4.77. The van der Waals surface area contributed by atoms with E-state index in [0.29, 0.717) is 6.04 Å². The maximum Gasteiger partial charge on any atom is 0.0442 e. The number of anilines is 1. The minimum absolute atomic E-state index is 0.450. The molecule has 0 spiro atoms. The molecular weight excluding hydrogens is 330 g/mol. The molecule has 1 saturated heterocycles. The Morgan fingerprint density at radius 1 is 1.16 bits per heavy atom. The summed E-state index contributed by atoms with van der Waals surface area (Å²) in [5.41, 5.74) is 9.20. The van der Waals surface area contributed by atoms with Gasteiger partial charge in [0.25, 0.3) is 0 Å². The number of allylic oxidation sites excluding steroid dienone is 1. The van der Waals surface area contributed by atoms with Crippen LogP contribution in [-0.2, 0) is 0 Å². The van der Waals surface area contributed by atoms with Crippen LogP contribution in [0.4, 0.5) is 5.69 Å². The molecule has 0 atom stereocenters. The van der Waals surface area contributed by atoms with Crippen molar-refractivity contribution in [3.05, 3.63) is 64.5 Å². The number of benzene rings is 2. The van der Waals surface area contributed by atoms with Gasteiger partial charge in [-0.1, -0.05) is 42.5 Å². The standard InChI is InChI=1S/C21H24ClN3/c1-2-4-16-11-17(15-5-3-6-18(22)12-15)13-21(20(16)14-23)25-19-7-9-24-10-8-19/h2-6,11-14,19,24-25H,1,7-10,23H2/b16-4-,20-14+. The lowest BCUT2D eigenvalue weighted by atomic mass is 10.0. The summed E-state index contributed by atoms with van der Waals surface area (Å²) in [6.07, 6.45) is 7.65. The highest BCUT2D eigenvalue weighted by Crippen LogP contribution is 2.23. The summed E-state index contributed by atoms with van der Waals surface area (Å²) in [5, 5.41) is 9.87. The summed E-state index contributed by atoms with van der Waals surface area (Å²) < 4.78 is 0. The maximum atomic E-state index is 6.18. The van der Waals surface area contributed by atoms with Crippen molar-refractivity contribution in [2.24, 2.45) is 5.73 Å². The molecule has 3 nitrogen and oxygen atoms in total. The first kappa shape index (κ1) is 17.6.